The largest absolute Gasteiger partial charge is 0.336 e. The topological polar surface area (TPSA) is 87.5 Å². The van der Waals surface area contributed by atoms with Crippen molar-refractivity contribution in [3.63, 3.8) is 0 Å². The van der Waals surface area contributed by atoms with E-state index in [1.54, 1.807) is 23.1 Å². The van der Waals surface area contributed by atoms with E-state index in [9.17, 15) is 9.59 Å². The molecule has 0 radical (unpaired) electrons. The summed E-state index contributed by atoms with van der Waals surface area (Å²) in [6, 6.07) is 7.09. The molecule has 3 amide bonds. The Labute approximate surface area is 117 Å². The Morgan fingerprint density at radius 3 is 2.89 bits per heavy atom. The first kappa shape index (κ1) is 15.3. The summed E-state index contributed by atoms with van der Waals surface area (Å²) in [7, 11) is 0. The van der Waals surface area contributed by atoms with Crippen LogP contribution in [0.2, 0.25) is 0 Å². The molecule has 1 saturated heterocycles. The average Bonchev–Trinajstić information content (AvgIpc) is 2.76. The van der Waals surface area contributed by atoms with Crippen LogP contribution in [-0.2, 0) is 4.79 Å². The molecule has 0 unspecified atom stereocenters. The summed E-state index contributed by atoms with van der Waals surface area (Å²) >= 11 is 0. The number of hydrogen-bond donors (Lipinski definition) is 3. The van der Waals surface area contributed by atoms with E-state index in [1.807, 2.05) is 6.07 Å². The van der Waals surface area contributed by atoms with Crippen molar-refractivity contribution in [1.82, 2.24) is 5.32 Å². The lowest BCUT2D eigenvalue weighted by Crippen LogP contribution is -2.27. The molecular weight excluding hydrogens is 268 g/mol. The van der Waals surface area contributed by atoms with E-state index < -0.39 is 0 Å². The number of carbonyl (C=O) groups excluding carboxylic acids is 2. The van der Waals surface area contributed by atoms with E-state index in [2.05, 4.69) is 10.6 Å². The fourth-order valence-electron chi connectivity index (χ4n) is 1.82. The Bertz CT molecular complexity index is 467. The number of carbonyl (C=O) groups is 2. The number of nitrogens with one attached hydrogen (secondary N) is 2. The van der Waals surface area contributed by atoms with E-state index >= 15 is 0 Å². The maximum Gasteiger partial charge on any atom is 0.321 e. The van der Waals surface area contributed by atoms with Gasteiger partial charge in [0.15, 0.2) is 0 Å². The highest BCUT2D eigenvalue weighted by Gasteiger charge is 2.21. The number of nitrogens with zero attached hydrogens (tertiary/aromatic N) is 1. The Morgan fingerprint density at radius 2 is 2.26 bits per heavy atom. The second kappa shape index (κ2) is 6.96. The smallest absolute Gasteiger partial charge is 0.321 e. The lowest BCUT2D eigenvalue weighted by atomic mass is 10.2. The van der Waals surface area contributed by atoms with Crippen LogP contribution in [0.15, 0.2) is 24.3 Å². The van der Waals surface area contributed by atoms with Crippen LogP contribution in [0.5, 0.6) is 0 Å². The van der Waals surface area contributed by atoms with Gasteiger partial charge in [-0.25, -0.2) is 4.79 Å². The predicted octanol–water partition coefficient (Wildman–Crippen LogP) is 0.925. The minimum absolute atomic E-state index is 0. The van der Waals surface area contributed by atoms with Gasteiger partial charge in [0.1, 0.15) is 0 Å². The number of halogens is 1. The zero-order valence-corrected chi connectivity index (χ0v) is 11.2. The number of rotatable bonds is 4. The highest BCUT2D eigenvalue weighted by Crippen LogP contribution is 2.20. The summed E-state index contributed by atoms with van der Waals surface area (Å²) in [6.07, 6.45) is 0.286. The minimum Gasteiger partial charge on any atom is -0.336 e. The van der Waals surface area contributed by atoms with Crippen molar-refractivity contribution >= 4 is 35.7 Å². The first-order valence-electron chi connectivity index (χ1n) is 5.86. The number of hydrogen-bond acceptors (Lipinski definition) is 3. The SMILES string of the molecule is Cl.NCCC(=O)Nc1cccc(N2CCNC2=O)c1. The second-order valence-electron chi connectivity index (χ2n) is 4.02. The molecule has 1 aliphatic heterocycles. The van der Waals surface area contributed by atoms with E-state index in [4.69, 9.17) is 5.73 Å². The van der Waals surface area contributed by atoms with Gasteiger partial charge in [0.2, 0.25) is 5.91 Å². The van der Waals surface area contributed by atoms with Crippen molar-refractivity contribution in [1.29, 1.82) is 0 Å². The quantitative estimate of drug-likeness (QED) is 0.768. The molecule has 0 saturated carbocycles. The van der Waals surface area contributed by atoms with E-state index in [-0.39, 0.29) is 30.8 Å². The molecule has 19 heavy (non-hydrogen) atoms. The van der Waals surface area contributed by atoms with Crippen LogP contribution in [0.3, 0.4) is 0 Å². The number of amides is 3. The van der Waals surface area contributed by atoms with Crippen molar-refractivity contribution in [3.05, 3.63) is 24.3 Å². The molecule has 7 heteroatoms. The molecule has 0 bridgehead atoms. The van der Waals surface area contributed by atoms with Gasteiger partial charge in [0.05, 0.1) is 0 Å². The van der Waals surface area contributed by atoms with Gasteiger partial charge in [-0.15, -0.1) is 12.4 Å². The first-order valence-corrected chi connectivity index (χ1v) is 5.86. The van der Waals surface area contributed by atoms with Gasteiger partial charge in [-0.2, -0.15) is 0 Å². The zero-order valence-electron chi connectivity index (χ0n) is 10.4. The summed E-state index contributed by atoms with van der Waals surface area (Å²) in [6.45, 7) is 1.60. The molecule has 1 aliphatic rings. The Kier molecular flexibility index (Phi) is 5.59. The lowest BCUT2D eigenvalue weighted by Gasteiger charge is -2.15. The fourth-order valence-corrected chi connectivity index (χ4v) is 1.82. The Morgan fingerprint density at radius 1 is 1.47 bits per heavy atom. The molecule has 2 rings (SSSR count). The summed E-state index contributed by atoms with van der Waals surface area (Å²) in [5, 5.41) is 5.48. The van der Waals surface area contributed by atoms with E-state index in [0.717, 1.165) is 5.69 Å². The number of urea groups is 1. The molecule has 1 aromatic carbocycles. The van der Waals surface area contributed by atoms with Crippen LogP contribution in [0, 0.1) is 0 Å². The second-order valence-corrected chi connectivity index (χ2v) is 4.02. The lowest BCUT2D eigenvalue weighted by molar-refractivity contribution is -0.116. The number of benzene rings is 1. The summed E-state index contributed by atoms with van der Waals surface area (Å²) in [5.41, 5.74) is 6.75. The van der Waals surface area contributed by atoms with Crippen LogP contribution in [0.4, 0.5) is 16.2 Å². The number of anilines is 2. The van der Waals surface area contributed by atoms with Gasteiger partial charge in [-0.3, -0.25) is 9.69 Å². The van der Waals surface area contributed by atoms with Crippen LogP contribution >= 0.6 is 12.4 Å². The normalized spacial score (nSPS) is 13.7. The van der Waals surface area contributed by atoms with Gasteiger partial charge < -0.3 is 16.4 Å². The van der Waals surface area contributed by atoms with Crippen LogP contribution < -0.4 is 21.3 Å². The standard InChI is InChI=1S/C12H16N4O2.ClH/c13-5-4-11(17)15-9-2-1-3-10(8-9)16-7-6-14-12(16)18;/h1-3,8H,4-7,13H2,(H,14,18)(H,15,17);1H. The maximum absolute atomic E-state index is 11.5. The maximum atomic E-state index is 11.5. The third kappa shape index (κ3) is 3.84. The third-order valence-corrected chi connectivity index (χ3v) is 2.67. The van der Waals surface area contributed by atoms with Crippen molar-refractivity contribution in [3.8, 4) is 0 Å². The van der Waals surface area contributed by atoms with E-state index in [0.29, 0.717) is 25.3 Å². The van der Waals surface area contributed by atoms with Crippen molar-refractivity contribution in [2.75, 3.05) is 29.9 Å². The monoisotopic (exact) mass is 284 g/mol. The molecule has 0 spiro atoms. The van der Waals surface area contributed by atoms with Gasteiger partial charge >= 0.3 is 6.03 Å². The minimum atomic E-state index is -0.125. The van der Waals surface area contributed by atoms with Gasteiger partial charge in [0.25, 0.3) is 0 Å². The highest BCUT2D eigenvalue weighted by molar-refractivity contribution is 5.96. The van der Waals surface area contributed by atoms with Crippen LogP contribution in [-0.4, -0.2) is 31.6 Å². The highest BCUT2D eigenvalue weighted by atomic mass is 35.5. The van der Waals surface area contributed by atoms with Crippen LogP contribution in [0.25, 0.3) is 0 Å². The molecule has 1 heterocycles. The molecule has 1 aromatic rings. The Balaban J connectivity index is 0.00000180. The van der Waals surface area contributed by atoms with Gasteiger partial charge in [0, 0.05) is 37.4 Å². The molecule has 104 valence electrons. The molecule has 0 aromatic heterocycles. The number of nitrogens with two attached hydrogens (primary N) is 1. The van der Waals surface area contributed by atoms with Crippen molar-refractivity contribution in [2.24, 2.45) is 5.73 Å². The zero-order chi connectivity index (χ0) is 13.0. The van der Waals surface area contributed by atoms with Crippen LogP contribution in [0.1, 0.15) is 6.42 Å². The molecule has 1 fully saturated rings. The van der Waals surface area contributed by atoms with Gasteiger partial charge in [-0.05, 0) is 18.2 Å². The van der Waals surface area contributed by atoms with E-state index in [1.165, 1.54) is 0 Å². The van der Waals surface area contributed by atoms with Gasteiger partial charge in [-0.1, -0.05) is 6.07 Å². The molecule has 6 nitrogen and oxygen atoms in total. The molecule has 0 atom stereocenters. The Hall–Kier alpha value is -1.79. The molecule has 0 aliphatic carbocycles. The summed E-state index contributed by atoms with van der Waals surface area (Å²) in [5.74, 6) is -0.125. The summed E-state index contributed by atoms with van der Waals surface area (Å²) < 4.78 is 0. The fraction of sp³-hybridized carbons (Fsp3) is 0.333. The molecular formula is C12H17ClN4O2. The van der Waals surface area contributed by atoms with Crippen molar-refractivity contribution in [2.45, 2.75) is 6.42 Å². The first-order chi connectivity index (χ1) is 8.70. The molecule has 4 N–H and O–H groups in total. The average molecular weight is 285 g/mol. The predicted molar refractivity (Wildman–Crippen MR) is 76.7 cm³/mol. The third-order valence-electron chi connectivity index (χ3n) is 2.67. The summed E-state index contributed by atoms with van der Waals surface area (Å²) in [4.78, 5) is 24.6. The van der Waals surface area contributed by atoms with Crippen molar-refractivity contribution < 1.29 is 9.59 Å².